The molecule has 1 aliphatic rings. The van der Waals surface area contributed by atoms with Crippen LogP contribution >= 0.6 is 0 Å². The quantitative estimate of drug-likeness (QED) is 0.561. The molecule has 1 saturated heterocycles. The number of rotatable bonds is 7. The molecule has 30 heavy (non-hydrogen) atoms. The van der Waals surface area contributed by atoms with Crippen molar-refractivity contribution in [2.75, 3.05) is 13.7 Å². The number of carbonyl (C=O) groups excluding carboxylic acids is 1. The highest BCUT2D eigenvalue weighted by Crippen LogP contribution is 2.30. The van der Waals surface area contributed by atoms with Gasteiger partial charge < -0.3 is 14.8 Å². The van der Waals surface area contributed by atoms with Gasteiger partial charge in [-0.05, 0) is 47.4 Å². The van der Waals surface area contributed by atoms with E-state index in [4.69, 9.17) is 9.47 Å². The van der Waals surface area contributed by atoms with Crippen molar-refractivity contribution in [2.45, 2.75) is 32.0 Å². The van der Waals surface area contributed by atoms with Gasteiger partial charge >= 0.3 is 0 Å². The van der Waals surface area contributed by atoms with Gasteiger partial charge in [0.2, 0.25) is 5.91 Å². The monoisotopic (exact) mass is 405 g/mol. The molecule has 2 unspecified atom stereocenters. The summed E-state index contributed by atoms with van der Waals surface area (Å²) in [5.41, 5.74) is 8.60. The van der Waals surface area contributed by atoms with Gasteiger partial charge in [-0.3, -0.25) is 4.79 Å². The molecule has 3 aromatic carbocycles. The molecule has 1 aliphatic heterocycles. The van der Waals surface area contributed by atoms with E-state index in [9.17, 15) is 4.79 Å². The molecule has 3 aromatic rings. The molecule has 6 heteroatoms. The van der Waals surface area contributed by atoms with Gasteiger partial charge in [-0.25, -0.2) is 10.9 Å². The third kappa shape index (κ3) is 4.25. The Hall–Kier alpha value is -3.09. The zero-order valence-corrected chi connectivity index (χ0v) is 17.3. The lowest BCUT2D eigenvalue weighted by Crippen LogP contribution is -2.42. The van der Waals surface area contributed by atoms with Crippen molar-refractivity contribution in [3.63, 3.8) is 0 Å². The number of methoxy groups -OCH3 is 1. The Labute approximate surface area is 176 Å². The van der Waals surface area contributed by atoms with Crippen LogP contribution in [0.25, 0.3) is 10.8 Å². The Kier molecular flexibility index (Phi) is 6.16. The van der Waals surface area contributed by atoms with Crippen LogP contribution in [0.1, 0.15) is 30.5 Å². The van der Waals surface area contributed by atoms with Gasteiger partial charge in [0.25, 0.3) is 0 Å². The third-order valence-electron chi connectivity index (χ3n) is 5.41. The Bertz CT molecular complexity index is 1030. The minimum Gasteiger partial charge on any atom is -0.493 e. The fraction of sp³-hybridized carbons (Fsp3) is 0.292. The van der Waals surface area contributed by atoms with Crippen molar-refractivity contribution in [1.29, 1.82) is 0 Å². The number of nitrogens with one attached hydrogen (secondary N) is 3. The molecule has 0 aliphatic carbocycles. The Balaban J connectivity index is 1.39. The normalized spacial score (nSPS) is 18.3. The number of hydrazine groups is 1. The summed E-state index contributed by atoms with van der Waals surface area (Å²) in [6.07, 6.45) is 0.687. The molecule has 0 saturated carbocycles. The Morgan fingerprint density at radius 2 is 1.90 bits per heavy atom. The average Bonchev–Trinajstić information content (AvgIpc) is 3.28. The lowest BCUT2D eigenvalue weighted by Gasteiger charge is -2.14. The van der Waals surface area contributed by atoms with Crippen LogP contribution in [0, 0.1) is 0 Å². The highest BCUT2D eigenvalue weighted by Gasteiger charge is 2.30. The van der Waals surface area contributed by atoms with Gasteiger partial charge in [0.05, 0.1) is 13.7 Å². The molecule has 0 radical (unpaired) electrons. The van der Waals surface area contributed by atoms with Gasteiger partial charge in [-0.15, -0.1) is 0 Å². The Morgan fingerprint density at radius 3 is 2.73 bits per heavy atom. The minimum atomic E-state index is -0.293. The highest BCUT2D eigenvalue weighted by molar-refractivity contribution is 5.87. The van der Waals surface area contributed by atoms with E-state index in [1.54, 1.807) is 7.11 Å². The van der Waals surface area contributed by atoms with Crippen molar-refractivity contribution in [2.24, 2.45) is 0 Å². The summed E-state index contributed by atoms with van der Waals surface area (Å²) < 4.78 is 10.9. The van der Waals surface area contributed by atoms with Crippen LogP contribution in [-0.2, 0) is 11.3 Å². The first-order valence-corrected chi connectivity index (χ1v) is 10.3. The number of ether oxygens (including phenoxy) is 2. The maximum absolute atomic E-state index is 12.7. The van der Waals surface area contributed by atoms with E-state index in [-0.39, 0.29) is 18.0 Å². The molecule has 2 atom stereocenters. The van der Waals surface area contributed by atoms with Crippen LogP contribution in [0.15, 0.2) is 60.7 Å². The topological polar surface area (TPSA) is 71.6 Å². The number of benzene rings is 3. The summed E-state index contributed by atoms with van der Waals surface area (Å²) in [7, 11) is 1.62. The van der Waals surface area contributed by atoms with Gasteiger partial charge in [-0.2, -0.15) is 0 Å². The first kappa shape index (κ1) is 20.2. The van der Waals surface area contributed by atoms with E-state index in [0.29, 0.717) is 31.1 Å². The first-order chi connectivity index (χ1) is 14.7. The lowest BCUT2D eigenvalue weighted by atomic mass is 9.96. The molecule has 1 heterocycles. The zero-order chi connectivity index (χ0) is 20.9. The molecule has 0 bridgehead atoms. The lowest BCUT2D eigenvalue weighted by molar-refractivity contribution is -0.123. The van der Waals surface area contributed by atoms with Crippen molar-refractivity contribution >= 4 is 16.7 Å². The summed E-state index contributed by atoms with van der Waals surface area (Å²) in [6.45, 7) is 2.92. The van der Waals surface area contributed by atoms with Gasteiger partial charge in [0.15, 0.2) is 11.5 Å². The standard InChI is InChI=1S/C24H27N3O3/c1-3-30-23-13-16(11-12-22(23)29-2)15-25-24(28)21-14-20(26-27-21)19-10-6-8-17-7-4-5-9-18(17)19/h4-13,20-21,26-27H,3,14-15H2,1-2H3,(H,25,28). The fourth-order valence-electron chi connectivity index (χ4n) is 3.90. The molecule has 156 valence electrons. The average molecular weight is 405 g/mol. The smallest absolute Gasteiger partial charge is 0.238 e. The fourth-order valence-corrected chi connectivity index (χ4v) is 3.90. The maximum atomic E-state index is 12.7. The summed E-state index contributed by atoms with van der Waals surface area (Å²) in [5.74, 6) is 1.34. The summed E-state index contributed by atoms with van der Waals surface area (Å²) in [6, 6.07) is 20.1. The zero-order valence-electron chi connectivity index (χ0n) is 17.3. The largest absolute Gasteiger partial charge is 0.493 e. The van der Waals surface area contributed by atoms with Gasteiger partial charge in [0.1, 0.15) is 6.04 Å². The van der Waals surface area contributed by atoms with E-state index < -0.39 is 0 Å². The van der Waals surface area contributed by atoms with Crippen molar-refractivity contribution in [3.05, 3.63) is 71.8 Å². The molecule has 1 amide bonds. The summed E-state index contributed by atoms with van der Waals surface area (Å²) in [5, 5.41) is 5.43. The summed E-state index contributed by atoms with van der Waals surface area (Å²) >= 11 is 0. The van der Waals surface area contributed by atoms with Crippen LogP contribution < -0.4 is 25.6 Å². The Morgan fingerprint density at radius 1 is 1.07 bits per heavy atom. The summed E-state index contributed by atoms with van der Waals surface area (Å²) in [4.78, 5) is 12.7. The number of hydrogen-bond donors (Lipinski definition) is 3. The predicted molar refractivity (Wildman–Crippen MR) is 117 cm³/mol. The second kappa shape index (κ2) is 9.15. The van der Waals surface area contributed by atoms with Gasteiger partial charge in [-0.1, -0.05) is 48.5 Å². The van der Waals surface area contributed by atoms with Crippen LogP contribution in [0.5, 0.6) is 11.5 Å². The molecule has 1 fully saturated rings. The molecular formula is C24H27N3O3. The number of fused-ring (bicyclic) bond motifs is 1. The van der Waals surface area contributed by atoms with E-state index in [1.807, 2.05) is 37.3 Å². The van der Waals surface area contributed by atoms with Gasteiger partial charge in [0, 0.05) is 12.6 Å². The predicted octanol–water partition coefficient (Wildman–Crippen LogP) is 3.47. The highest BCUT2D eigenvalue weighted by atomic mass is 16.5. The third-order valence-corrected chi connectivity index (χ3v) is 5.41. The van der Waals surface area contributed by atoms with Crippen molar-refractivity contribution in [3.8, 4) is 11.5 Å². The van der Waals surface area contributed by atoms with Crippen LogP contribution in [0.2, 0.25) is 0 Å². The van der Waals surface area contributed by atoms with Crippen LogP contribution in [-0.4, -0.2) is 25.7 Å². The van der Waals surface area contributed by atoms with Crippen LogP contribution in [0.4, 0.5) is 0 Å². The van der Waals surface area contributed by atoms with E-state index >= 15 is 0 Å². The second-order valence-electron chi connectivity index (χ2n) is 7.33. The number of amides is 1. The van der Waals surface area contributed by atoms with Crippen molar-refractivity contribution < 1.29 is 14.3 Å². The number of carbonyl (C=O) groups is 1. The second-order valence-corrected chi connectivity index (χ2v) is 7.33. The molecule has 6 nitrogen and oxygen atoms in total. The minimum absolute atomic E-state index is 0.0287. The van der Waals surface area contributed by atoms with Crippen molar-refractivity contribution in [1.82, 2.24) is 16.2 Å². The first-order valence-electron chi connectivity index (χ1n) is 10.3. The van der Waals surface area contributed by atoms with Crippen LogP contribution in [0.3, 0.4) is 0 Å². The molecule has 4 rings (SSSR count). The van der Waals surface area contributed by atoms with E-state index in [1.165, 1.54) is 16.3 Å². The maximum Gasteiger partial charge on any atom is 0.238 e. The SMILES string of the molecule is CCOc1cc(CNC(=O)C2CC(c3cccc4ccccc34)NN2)ccc1OC. The van der Waals surface area contributed by atoms with E-state index in [0.717, 1.165) is 5.56 Å². The molecular weight excluding hydrogens is 378 g/mol. The number of hydrogen-bond acceptors (Lipinski definition) is 5. The molecule has 0 spiro atoms. The molecule has 0 aromatic heterocycles. The van der Waals surface area contributed by atoms with E-state index in [2.05, 4.69) is 46.5 Å². The molecule has 3 N–H and O–H groups in total.